The topological polar surface area (TPSA) is 52.7 Å². The highest BCUT2D eigenvalue weighted by Crippen LogP contribution is 2.27. The average molecular weight is 464 g/mol. The van der Waals surface area contributed by atoms with Gasteiger partial charge in [0.1, 0.15) is 11.6 Å². The lowest BCUT2D eigenvalue weighted by molar-refractivity contribution is -0.117. The van der Waals surface area contributed by atoms with E-state index in [0.29, 0.717) is 37.3 Å². The Morgan fingerprint density at radius 3 is 2.56 bits per heavy atom. The molecule has 176 valence electrons. The maximum Gasteiger partial charge on any atom is 0.324 e. The van der Waals surface area contributed by atoms with Crippen LogP contribution in [0.3, 0.4) is 0 Å². The third kappa shape index (κ3) is 5.25. The number of urea groups is 1. The minimum atomic E-state index is -0.542. The molecule has 3 aromatic rings. The van der Waals surface area contributed by atoms with Crippen LogP contribution in [0.25, 0.3) is 0 Å². The summed E-state index contributed by atoms with van der Waals surface area (Å²) in [4.78, 5) is 29.2. The first-order valence-corrected chi connectivity index (χ1v) is 11.4. The predicted octanol–water partition coefficient (Wildman–Crippen LogP) is 5.93. The average Bonchev–Trinajstić information content (AvgIpc) is 2.84. The van der Waals surface area contributed by atoms with Crippen molar-refractivity contribution in [3.8, 4) is 0 Å². The molecule has 3 aromatic carbocycles. The van der Waals surface area contributed by atoms with Gasteiger partial charge in [0.15, 0.2) is 0 Å². The zero-order valence-corrected chi connectivity index (χ0v) is 19.0. The maximum atomic E-state index is 14.1. The second-order valence-corrected chi connectivity index (χ2v) is 8.36. The molecule has 1 saturated heterocycles. The Hall–Kier alpha value is -3.74. The van der Waals surface area contributed by atoms with Gasteiger partial charge in [-0.25, -0.2) is 13.6 Å². The Morgan fingerprint density at radius 2 is 1.79 bits per heavy atom. The molecule has 1 N–H and O–H groups in total. The van der Waals surface area contributed by atoms with Crippen molar-refractivity contribution in [1.29, 1.82) is 0 Å². The second kappa shape index (κ2) is 10.5. The Morgan fingerprint density at radius 1 is 1.00 bits per heavy atom. The molecule has 1 atom stereocenters. The molecule has 1 heterocycles. The number of carbonyl (C=O) groups excluding carboxylic acids is 2. The minimum absolute atomic E-state index is 0.00932. The Labute approximate surface area is 198 Å². The van der Waals surface area contributed by atoms with Crippen molar-refractivity contribution >= 4 is 23.3 Å². The lowest BCUT2D eigenvalue weighted by Crippen LogP contribution is -2.49. The van der Waals surface area contributed by atoms with Gasteiger partial charge in [-0.2, -0.15) is 0 Å². The molecule has 3 amide bonds. The monoisotopic (exact) mass is 463 g/mol. The van der Waals surface area contributed by atoms with Crippen molar-refractivity contribution in [3.63, 3.8) is 0 Å². The number of rotatable bonds is 7. The molecule has 4 rings (SSSR count). The lowest BCUT2D eigenvalue weighted by atomic mass is 9.95. The van der Waals surface area contributed by atoms with E-state index in [-0.39, 0.29) is 30.0 Å². The van der Waals surface area contributed by atoms with Crippen molar-refractivity contribution in [2.75, 3.05) is 23.3 Å². The fourth-order valence-electron chi connectivity index (χ4n) is 4.28. The first-order chi connectivity index (χ1) is 16.5. The lowest BCUT2D eigenvalue weighted by Gasteiger charge is -2.36. The predicted molar refractivity (Wildman–Crippen MR) is 129 cm³/mol. The molecule has 0 saturated carbocycles. The second-order valence-electron chi connectivity index (χ2n) is 8.36. The number of nitrogens with one attached hydrogen (secondary N) is 1. The quantitative estimate of drug-likeness (QED) is 0.472. The van der Waals surface area contributed by atoms with Gasteiger partial charge in [-0.3, -0.25) is 9.69 Å². The Balaban J connectivity index is 1.48. The van der Waals surface area contributed by atoms with Crippen LogP contribution in [0.4, 0.5) is 25.0 Å². The maximum absolute atomic E-state index is 14.1. The van der Waals surface area contributed by atoms with E-state index in [1.54, 1.807) is 29.2 Å². The van der Waals surface area contributed by atoms with Gasteiger partial charge >= 0.3 is 6.03 Å². The Bertz CT molecular complexity index is 1170. The first-order valence-electron chi connectivity index (χ1n) is 11.4. The van der Waals surface area contributed by atoms with E-state index < -0.39 is 11.6 Å². The zero-order chi connectivity index (χ0) is 24.1. The molecule has 0 bridgehead atoms. The van der Waals surface area contributed by atoms with Crippen LogP contribution < -0.4 is 10.2 Å². The van der Waals surface area contributed by atoms with E-state index in [4.69, 9.17) is 0 Å². The number of halogens is 2. The summed E-state index contributed by atoms with van der Waals surface area (Å²) in [6.45, 7) is 2.91. The van der Waals surface area contributed by atoms with Gasteiger partial charge in [-0.05, 0) is 54.8 Å². The highest BCUT2D eigenvalue weighted by atomic mass is 19.1. The first kappa shape index (κ1) is 23.4. The van der Waals surface area contributed by atoms with E-state index in [1.165, 1.54) is 4.90 Å². The standard InChI is InChI=1S/C27H27F2N3O2/c1-2-24(19-8-4-3-5-9-19)26(33)30-22-10-6-11-23(17-22)32-15-7-14-31(27(32)34)18-20-16-21(28)12-13-25(20)29/h3-6,8-13,16-17,24H,2,7,14-15,18H2,1H3,(H,30,33). The van der Waals surface area contributed by atoms with Gasteiger partial charge in [-0.15, -0.1) is 0 Å². The van der Waals surface area contributed by atoms with E-state index in [9.17, 15) is 18.4 Å². The van der Waals surface area contributed by atoms with Crippen LogP contribution in [0.2, 0.25) is 0 Å². The van der Waals surface area contributed by atoms with E-state index >= 15 is 0 Å². The molecule has 7 heteroatoms. The van der Waals surface area contributed by atoms with Gasteiger partial charge < -0.3 is 10.2 Å². The van der Waals surface area contributed by atoms with Gasteiger partial charge in [-0.1, -0.05) is 43.3 Å². The number of benzene rings is 3. The Kier molecular flexibility index (Phi) is 7.21. The van der Waals surface area contributed by atoms with Crippen molar-refractivity contribution in [3.05, 3.63) is 95.6 Å². The molecule has 0 aromatic heterocycles. The third-order valence-electron chi connectivity index (χ3n) is 6.03. The summed E-state index contributed by atoms with van der Waals surface area (Å²) < 4.78 is 27.7. The fraction of sp³-hybridized carbons (Fsp3) is 0.259. The molecular formula is C27H27F2N3O2. The normalized spacial score (nSPS) is 14.7. The summed E-state index contributed by atoms with van der Waals surface area (Å²) in [7, 11) is 0. The van der Waals surface area contributed by atoms with Crippen LogP contribution in [0.5, 0.6) is 0 Å². The molecule has 1 aliphatic rings. The largest absolute Gasteiger partial charge is 0.325 e. The van der Waals surface area contributed by atoms with Crippen LogP contribution in [-0.2, 0) is 11.3 Å². The summed E-state index contributed by atoms with van der Waals surface area (Å²) in [5.74, 6) is -1.47. The van der Waals surface area contributed by atoms with Crippen LogP contribution in [0, 0.1) is 11.6 Å². The molecule has 0 aliphatic carbocycles. The van der Waals surface area contributed by atoms with Gasteiger partial charge in [0, 0.05) is 30.0 Å². The summed E-state index contributed by atoms with van der Waals surface area (Å²) in [5.41, 5.74) is 2.32. The number of carbonyl (C=O) groups is 2. The van der Waals surface area contributed by atoms with Gasteiger partial charge in [0.2, 0.25) is 5.91 Å². The SMILES string of the molecule is CCC(C(=O)Nc1cccc(N2CCCN(Cc3cc(F)ccc3F)C2=O)c1)c1ccccc1. The molecule has 1 aliphatic heterocycles. The third-order valence-corrected chi connectivity index (χ3v) is 6.03. The highest BCUT2D eigenvalue weighted by molar-refractivity contribution is 5.97. The number of nitrogens with zero attached hydrogens (tertiary/aromatic N) is 2. The molecule has 1 unspecified atom stereocenters. The van der Waals surface area contributed by atoms with Crippen LogP contribution in [0.1, 0.15) is 36.8 Å². The molecular weight excluding hydrogens is 436 g/mol. The van der Waals surface area contributed by atoms with Gasteiger partial charge in [0.05, 0.1) is 12.5 Å². The minimum Gasteiger partial charge on any atom is -0.325 e. The molecule has 0 spiro atoms. The van der Waals surface area contributed by atoms with E-state index in [0.717, 1.165) is 23.8 Å². The molecule has 1 fully saturated rings. The summed E-state index contributed by atoms with van der Waals surface area (Å²) >= 11 is 0. The molecule has 5 nitrogen and oxygen atoms in total. The summed E-state index contributed by atoms with van der Waals surface area (Å²) in [6, 6.07) is 19.7. The van der Waals surface area contributed by atoms with Crippen molar-refractivity contribution in [2.24, 2.45) is 0 Å². The number of anilines is 2. The van der Waals surface area contributed by atoms with E-state index in [1.807, 2.05) is 37.3 Å². The number of hydrogen-bond donors (Lipinski definition) is 1. The smallest absolute Gasteiger partial charge is 0.324 e. The van der Waals surface area contributed by atoms with Gasteiger partial charge in [0.25, 0.3) is 0 Å². The summed E-state index contributed by atoms with van der Waals surface area (Å²) in [6.07, 6.45) is 1.34. The van der Waals surface area contributed by atoms with Crippen molar-refractivity contribution < 1.29 is 18.4 Å². The van der Waals surface area contributed by atoms with E-state index in [2.05, 4.69) is 5.32 Å². The number of amides is 3. The van der Waals surface area contributed by atoms with Crippen LogP contribution in [-0.4, -0.2) is 29.9 Å². The number of hydrogen-bond acceptors (Lipinski definition) is 2. The highest BCUT2D eigenvalue weighted by Gasteiger charge is 2.28. The summed E-state index contributed by atoms with van der Waals surface area (Å²) in [5, 5.41) is 2.97. The zero-order valence-electron chi connectivity index (χ0n) is 19.0. The van der Waals surface area contributed by atoms with Crippen molar-refractivity contribution in [2.45, 2.75) is 32.2 Å². The van der Waals surface area contributed by atoms with Crippen LogP contribution >= 0.6 is 0 Å². The molecule has 0 radical (unpaired) electrons. The van der Waals surface area contributed by atoms with Crippen LogP contribution in [0.15, 0.2) is 72.8 Å². The fourth-order valence-corrected chi connectivity index (χ4v) is 4.28. The molecule has 34 heavy (non-hydrogen) atoms. The van der Waals surface area contributed by atoms with Crippen molar-refractivity contribution in [1.82, 2.24) is 4.90 Å².